The number of nitrogens with zero attached hydrogens (tertiary/aromatic N) is 4. The van der Waals surface area contributed by atoms with E-state index in [4.69, 9.17) is 5.11 Å². The highest BCUT2D eigenvalue weighted by molar-refractivity contribution is 5.71. The average Bonchev–Trinajstić information content (AvgIpc) is 2.40. The molecule has 0 fully saturated rings. The van der Waals surface area contributed by atoms with Gasteiger partial charge in [0.1, 0.15) is 12.5 Å². The summed E-state index contributed by atoms with van der Waals surface area (Å²) >= 11 is 0. The van der Waals surface area contributed by atoms with Crippen molar-refractivity contribution in [3.8, 4) is 11.3 Å². The zero-order valence-corrected chi connectivity index (χ0v) is 9.34. The van der Waals surface area contributed by atoms with E-state index in [1.807, 2.05) is 0 Å². The molecule has 2 aromatic rings. The van der Waals surface area contributed by atoms with Crippen LogP contribution in [0, 0.1) is 0 Å². The molecule has 0 bridgehead atoms. The summed E-state index contributed by atoms with van der Waals surface area (Å²) in [4.78, 5) is 18.4. The Balaban J connectivity index is 2.13. The predicted molar refractivity (Wildman–Crippen MR) is 59.1 cm³/mol. The predicted octanol–water partition coefficient (Wildman–Crippen LogP) is -0.728. The Hall–Kier alpha value is -2.41. The van der Waals surface area contributed by atoms with Crippen molar-refractivity contribution in [1.29, 1.82) is 0 Å². The maximum atomic E-state index is 10.5. The molecule has 0 amide bonds. The van der Waals surface area contributed by atoms with Crippen LogP contribution in [0.3, 0.4) is 0 Å². The van der Waals surface area contributed by atoms with Crippen molar-refractivity contribution in [3.05, 3.63) is 37.1 Å². The second kappa shape index (κ2) is 5.28. The van der Waals surface area contributed by atoms with Crippen LogP contribution in [0.4, 0.5) is 0 Å². The molecule has 7 heteroatoms. The molecule has 2 heterocycles. The van der Waals surface area contributed by atoms with Crippen molar-refractivity contribution in [2.75, 3.05) is 0 Å². The van der Waals surface area contributed by atoms with E-state index in [1.54, 1.807) is 30.7 Å². The van der Waals surface area contributed by atoms with Crippen LogP contribution in [-0.2, 0) is 11.3 Å². The third kappa shape index (κ3) is 2.83. The molecule has 1 atom stereocenters. The van der Waals surface area contributed by atoms with Gasteiger partial charge in [0.05, 0.1) is 5.69 Å². The van der Waals surface area contributed by atoms with E-state index in [2.05, 4.69) is 15.1 Å². The van der Waals surface area contributed by atoms with E-state index in [0.29, 0.717) is 0 Å². The fraction of sp³-hybridized carbons (Fsp3) is 0.182. The molecule has 0 spiro atoms. The Morgan fingerprint density at radius 1 is 1.44 bits per heavy atom. The van der Waals surface area contributed by atoms with Gasteiger partial charge in [-0.05, 0) is 11.2 Å². The molecule has 0 aliphatic carbocycles. The SMILES string of the molecule is O=C(O)C(O)C[n+]1ccc(-c2ccncn2)cn1. The zero-order valence-electron chi connectivity index (χ0n) is 9.34. The summed E-state index contributed by atoms with van der Waals surface area (Å²) in [7, 11) is 0. The summed E-state index contributed by atoms with van der Waals surface area (Å²) in [6, 6.07) is 3.48. The Bertz CT molecular complexity index is 530. The monoisotopic (exact) mass is 247 g/mol. The molecule has 0 aliphatic rings. The summed E-state index contributed by atoms with van der Waals surface area (Å²) in [5.74, 6) is -1.27. The lowest BCUT2D eigenvalue weighted by atomic mass is 10.2. The highest BCUT2D eigenvalue weighted by Gasteiger charge is 2.19. The Kier molecular flexibility index (Phi) is 3.54. The van der Waals surface area contributed by atoms with Crippen molar-refractivity contribution >= 4 is 5.97 Å². The Morgan fingerprint density at radius 3 is 2.83 bits per heavy atom. The summed E-state index contributed by atoms with van der Waals surface area (Å²) in [6.07, 6.45) is 4.73. The molecule has 18 heavy (non-hydrogen) atoms. The Morgan fingerprint density at radius 2 is 2.28 bits per heavy atom. The molecule has 0 radical (unpaired) electrons. The minimum atomic E-state index is -1.47. The number of carboxylic acids is 1. The molecule has 2 aromatic heterocycles. The van der Waals surface area contributed by atoms with Crippen molar-refractivity contribution in [2.45, 2.75) is 12.6 Å². The lowest BCUT2D eigenvalue weighted by Crippen LogP contribution is -2.45. The zero-order chi connectivity index (χ0) is 13.0. The molecule has 0 aliphatic heterocycles. The first-order chi connectivity index (χ1) is 8.66. The van der Waals surface area contributed by atoms with E-state index in [9.17, 15) is 9.90 Å². The molecule has 2 N–H and O–H groups in total. The number of hydrogen-bond donors (Lipinski definition) is 2. The summed E-state index contributed by atoms with van der Waals surface area (Å²) in [5, 5.41) is 21.8. The van der Waals surface area contributed by atoms with E-state index >= 15 is 0 Å². The minimum Gasteiger partial charge on any atom is -0.479 e. The molecule has 1 unspecified atom stereocenters. The quantitative estimate of drug-likeness (QED) is 0.691. The molecule has 92 valence electrons. The molecule has 7 nitrogen and oxygen atoms in total. The van der Waals surface area contributed by atoms with Crippen LogP contribution in [0.15, 0.2) is 37.1 Å². The second-order valence-corrected chi connectivity index (χ2v) is 3.59. The normalized spacial score (nSPS) is 12.1. The van der Waals surface area contributed by atoms with Crippen LogP contribution in [0.1, 0.15) is 0 Å². The van der Waals surface area contributed by atoms with Gasteiger partial charge in [-0.25, -0.2) is 14.8 Å². The van der Waals surface area contributed by atoms with E-state index < -0.39 is 12.1 Å². The molecular formula is C11H11N4O3+. The third-order valence-corrected chi connectivity index (χ3v) is 2.29. The number of aliphatic hydroxyl groups excluding tert-OH is 1. The fourth-order valence-corrected chi connectivity index (χ4v) is 1.36. The maximum absolute atomic E-state index is 10.5. The maximum Gasteiger partial charge on any atom is 0.339 e. The number of aliphatic carboxylic acids is 1. The van der Waals surface area contributed by atoms with Crippen molar-refractivity contribution in [3.63, 3.8) is 0 Å². The standard InChI is InChI=1S/C11H10N4O3/c16-10(11(17)18)6-15-4-2-8(5-14-15)9-1-3-12-7-13-9/h1-5,7,10,16H,6H2/p+1. The van der Waals surface area contributed by atoms with Gasteiger partial charge in [0.15, 0.2) is 6.20 Å². The third-order valence-electron chi connectivity index (χ3n) is 2.29. The van der Waals surface area contributed by atoms with E-state index in [1.165, 1.54) is 11.0 Å². The van der Waals surface area contributed by atoms with E-state index in [-0.39, 0.29) is 6.54 Å². The number of aliphatic hydroxyl groups is 1. The lowest BCUT2D eigenvalue weighted by molar-refractivity contribution is -0.757. The van der Waals surface area contributed by atoms with E-state index in [0.717, 1.165) is 11.3 Å². The van der Waals surface area contributed by atoms with Gasteiger partial charge >= 0.3 is 5.97 Å². The number of carboxylic acid groups (broad SMARTS) is 1. The second-order valence-electron chi connectivity index (χ2n) is 3.59. The summed E-state index contributed by atoms with van der Waals surface area (Å²) in [5.41, 5.74) is 1.52. The van der Waals surface area contributed by atoms with Crippen LogP contribution in [0.5, 0.6) is 0 Å². The number of aromatic nitrogens is 4. The average molecular weight is 247 g/mol. The molecule has 0 saturated heterocycles. The molecular weight excluding hydrogens is 236 g/mol. The van der Waals surface area contributed by atoms with Gasteiger partial charge in [-0.2, -0.15) is 0 Å². The first-order valence-electron chi connectivity index (χ1n) is 5.20. The Labute approximate surface area is 102 Å². The smallest absolute Gasteiger partial charge is 0.339 e. The van der Waals surface area contributed by atoms with Crippen LogP contribution in [0.25, 0.3) is 11.3 Å². The first kappa shape index (κ1) is 12.1. The van der Waals surface area contributed by atoms with Gasteiger partial charge in [0.25, 0.3) is 0 Å². The molecule has 2 rings (SSSR count). The van der Waals surface area contributed by atoms with Gasteiger partial charge in [0, 0.05) is 17.8 Å². The van der Waals surface area contributed by atoms with Crippen LogP contribution in [0.2, 0.25) is 0 Å². The fourth-order valence-electron chi connectivity index (χ4n) is 1.36. The number of rotatable bonds is 4. The highest BCUT2D eigenvalue weighted by atomic mass is 16.4. The van der Waals surface area contributed by atoms with Gasteiger partial charge in [0.2, 0.25) is 12.6 Å². The number of carbonyl (C=O) groups is 1. The van der Waals surface area contributed by atoms with Crippen molar-refractivity contribution < 1.29 is 19.7 Å². The van der Waals surface area contributed by atoms with Crippen LogP contribution >= 0.6 is 0 Å². The highest BCUT2D eigenvalue weighted by Crippen LogP contribution is 2.11. The van der Waals surface area contributed by atoms with Crippen molar-refractivity contribution in [1.82, 2.24) is 15.1 Å². The van der Waals surface area contributed by atoms with Gasteiger partial charge in [-0.1, -0.05) is 4.68 Å². The minimum absolute atomic E-state index is 0.0978. The van der Waals surface area contributed by atoms with Gasteiger partial charge in [-0.3, -0.25) is 0 Å². The largest absolute Gasteiger partial charge is 0.479 e. The summed E-state index contributed by atoms with van der Waals surface area (Å²) in [6.45, 7) is -0.0978. The topological polar surface area (TPSA) is 100 Å². The lowest BCUT2D eigenvalue weighted by Gasteiger charge is -2.00. The van der Waals surface area contributed by atoms with Gasteiger partial charge < -0.3 is 10.2 Å². The first-order valence-corrected chi connectivity index (χ1v) is 5.20. The number of hydrogen-bond acceptors (Lipinski definition) is 5. The van der Waals surface area contributed by atoms with Crippen molar-refractivity contribution in [2.24, 2.45) is 0 Å². The molecule has 0 saturated carbocycles. The van der Waals surface area contributed by atoms with Gasteiger partial charge in [-0.15, -0.1) is 0 Å². The van der Waals surface area contributed by atoms with Crippen LogP contribution in [-0.4, -0.2) is 37.4 Å². The summed E-state index contributed by atoms with van der Waals surface area (Å²) < 4.78 is 1.35. The van der Waals surface area contributed by atoms with Crippen LogP contribution < -0.4 is 4.68 Å². The molecule has 0 aromatic carbocycles.